The molecule has 5 nitrogen and oxygen atoms in total. The average molecular weight is 436 g/mol. The van der Waals surface area contributed by atoms with Gasteiger partial charge in [0.15, 0.2) is 5.13 Å². The molecule has 0 spiro atoms. The van der Waals surface area contributed by atoms with Crippen molar-refractivity contribution in [3.63, 3.8) is 0 Å². The van der Waals surface area contributed by atoms with Crippen LogP contribution >= 0.6 is 11.3 Å². The molecule has 2 aromatic carbocycles. The average Bonchev–Trinajstić information content (AvgIpc) is 3.50. The van der Waals surface area contributed by atoms with Gasteiger partial charge in [-0.05, 0) is 38.3 Å². The van der Waals surface area contributed by atoms with Crippen molar-refractivity contribution in [2.24, 2.45) is 0 Å². The van der Waals surface area contributed by atoms with E-state index in [-0.39, 0.29) is 11.9 Å². The number of para-hydroxylation sites is 2. The van der Waals surface area contributed by atoms with Gasteiger partial charge >= 0.3 is 0 Å². The van der Waals surface area contributed by atoms with E-state index < -0.39 is 0 Å². The predicted octanol–water partition coefficient (Wildman–Crippen LogP) is 5.67. The zero-order valence-corrected chi connectivity index (χ0v) is 19.2. The van der Waals surface area contributed by atoms with Crippen molar-refractivity contribution in [3.8, 4) is 17.0 Å². The molecule has 1 aliphatic rings. The van der Waals surface area contributed by atoms with Gasteiger partial charge in [-0.25, -0.2) is 4.98 Å². The van der Waals surface area contributed by atoms with Crippen LogP contribution in [0.25, 0.3) is 11.3 Å². The van der Waals surface area contributed by atoms with E-state index in [2.05, 4.69) is 48.4 Å². The van der Waals surface area contributed by atoms with Crippen LogP contribution in [0.3, 0.4) is 0 Å². The molecule has 1 amide bonds. The Morgan fingerprint density at radius 2 is 1.87 bits per heavy atom. The molecule has 1 atom stereocenters. The fourth-order valence-electron chi connectivity index (χ4n) is 4.08. The quantitative estimate of drug-likeness (QED) is 0.480. The fourth-order valence-corrected chi connectivity index (χ4v) is 4.98. The summed E-state index contributed by atoms with van der Waals surface area (Å²) < 4.78 is 5.66. The van der Waals surface area contributed by atoms with E-state index in [1.54, 1.807) is 18.4 Å². The molecule has 1 fully saturated rings. The Labute approximate surface area is 188 Å². The van der Waals surface area contributed by atoms with Gasteiger partial charge < -0.3 is 14.5 Å². The number of hydrogen-bond acceptors (Lipinski definition) is 5. The Morgan fingerprint density at radius 1 is 1.16 bits per heavy atom. The maximum Gasteiger partial charge on any atom is 0.245 e. The highest BCUT2D eigenvalue weighted by Gasteiger charge is 2.34. The third-order valence-corrected chi connectivity index (χ3v) is 6.63. The van der Waals surface area contributed by atoms with Gasteiger partial charge in [0.05, 0.1) is 18.5 Å². The summed E-state index contributed by atoms with van der Waals surface area (Å²) in [4.78, 5) is 22.5. The van der Waals surface area contributed by atoms with E-state index in [0.29, 0.717) is 6.42 Å². The van der Waals surface area contributed by atoms with Gasteiger partial charge in [0, 0.05) is 24.0 Å². The van der Waals surface area contributed by atoms with Gasteiger partial charge in [-0.15, -0.1) is 11.3 Å². The van der Waals surface area contributed by atoms with Crippen LogP contribution in [0.2, 0.25) is 0 Å². The molecular formula is C25H29N3O2S. The SMILES string of the molecule is CC[C@H](C(=O)N1CCCC1)N(c1nc(-c2ccc(C)cc2)cs1)c1ccccc1OC. The first-order valence-electron chi connectivity index (χ1n) is 10.9. The van der Waals surface area contributed by atoms with Gasteiger partial charge in [-0.3, -0.25) is 4.79 Å². The number of carbonyl (C=O) groups excluding carboxylic acids is 1. The summed E-state index contributed by atoms with van der Waals surface area (Å²) in [7, 11) is 1.67. The number of anilines is 2. The fraction of sp³-hybridized carbons (Fsp3) is 0.360. The Bertz CT molecular complexity index is 1030. The van der Waals surface area contributed by atoms with Crippen LogP contribution in [-0.2, 0) is 4.79 Å². The summed E-state index contributed by atoms with van der Waals surface area (Å²) in [5, 5.41) is 2.87. The summed E-state index contributed by atoms with van der Waals surface area (Å²) >= 11 is 1.56. The number of methoxy groups -OCH3 is 1. The normalized spacial score (nSPS) is 14.5. The van der Waals surface area contributed by atoms with Crippen LogP contribution in [0.15, 0.2) is 53.9 Å². The Morgan fingerprint density at radius 3 is 2.55 bits per heavy atom. The lowest BCUT2D eigenvalue weighted by molar-refractivity contribution is -0.131. The first-order chi connectivity index (χ1) is 15.1. The predicted molar refractivity (Wildman–Crippen MR) is 127 cm³/mol. The standard InChI is InChI=1S/C25H29N3O2S/c1-4-21(24(29)27-15-7-8-16-27)28(22-9-5-6-10-23(22)30-3)25-26-20(17-31-25)19-13-11-18(2)12-14-19/h5-6,9-14,17,21H,4,7-8,15-16H2,1-3H3/t21-/m1/s1. The smallest absolute Gasteiger partial charge is 0.245 e. The molecule has 0 saturated carbocycles. The minimum absolute atomic E-state index is 0.165. The van der Waals surface area contributed by atoms with Crippen LogP contribution in [0.5, 0.6) is 5.75 Å². The van der Waals surface area contributed by atoms with Crippen molar-refractivity contribution in [1.82, 2.24) is 9.88 Å². The summed E-state index contributed by atoms with van der Waals surface area (Å²) in [5.41, 5.74) is 4.08. The second-order valence-corrected chi connectivity index (χ2v) is 8.72. The first kappa shape index (κ1) is 21.4. The summed E-state index contributed by atoms with van der Waals surface area (Å²) in [6.45, 7) is 5.81. The molecule has 0 unspecified atom stereocenters. The second-order valence-electron chi connectivity index (χ2n) is 7.88. The van der Waals surface area contributed by atoms with E-state index in [4.69, 9.17) is 9.72 Å². The zero-order chi connectivity index (χ0) is 21.8. The molecule has 1 aromatic heterocycles. The molecule has 4 rings (SSSR count). The number of thiazole rings is 1. The molecule has 3 aromatic rings. The highest BCUT2D eigenvalue weighted by molar-refractivity contribution is 7.14. The number of benzene rings is 2. The van der Waals surface area contributed by atoms with E-state index in [1.807, 2.05) is 29.2 Å². The molecule has 1 aliphatic heterocycles. The number of carbonyl (C=O) groups is 1. The second kappa shape index (κ2) is 9.52. The maximum atomic E-state index is 13.5. The number of hydrogen-bond donors (Lipinski definition) is 0. The van der Waals surface area contributed by atoms with E-state index >= 15 is 0 Å². The largest absolute Gasteiger partial charge is 0.495 e. The first-order valence-corrected chi connectivity index (χ1v) is 11.7. The number of likely N-dealkylation sites (tertiary alicyclic amines) is 1. The van der Waals surface area contributed by atoms with Crippen molar-refractivity contribution in [2.45, 2.75) is 39.2 Å². The van der Waals surface area contributed by atoms with Crippen LogP contribution < -0.4 is 9.64 Å². The monoisotopic (exact) mass is 435 g/mol. The molecule has 0 N–H and O–H groups in total. The lowest BCUT2D eigenvalue weighted by atomic mass is 10.1. The zero-order valence-electron chi connectivity index (χ0n) is 18.4. The minimum Gasteiger partial charge on any atom is -0.495 e. The van der Waals surface area contributed by atoms with Crippen LogP contribution in [0, 0.1) is 6.92 Å². The van der Waals surface area contributed by atoms with Crippen LogP contribution in [0.4, 0.5) is 10.8 Å². The van der Waals surface area contributed by atoms with Gasteiger partial charge in [0.25, 0.3) is 0 Å². The summed E-state index contributed by atoms with van der Waals surface area (Å²) in [6, 6.07) is 15.9. The highest BCUT2D eigenvalue weighted by atomic mass is 32.1. The Hall–Kier alpha value is -2.86. The number of nitrogens with zero attached hydrogens (tertiary/aromatic N) is 3. The number of rotatable bonds is 7. The molecule has 0 radical (unpaired) electrons. The van der Waals surface area contributed by atoms with Gasteiger partial charge in [-0.2, -0.15) is 0 Å². The topological polar surface area (TPSA) is 45.7 Å². The van der Waals surface area contributed by atoms with Crippen molar-refractivity contribution < 1.29 is 9.53 Å². The summed E-state index contributed by atoms with van der Waals surface area (Å²) in [5.74, 6) is 0.903. The molecule has 2 heterocycles. The van der Waals surface area contributed by atoms with Crippen molar-refractivity contribution in [2.75, 3.05) is 25.1 Å². The van der Waals surface area contributed by atoms with Gasteiger partial charge in [-0.1, -0.05) is 48.9 Å². The van der Waals surface area contributed by atoms with E-state index in [9.17, 15) is 4.79 Å². The number of ether oxygens (including phenoxy) is 1. The molecule has 1 saturated heterocycles. The maximum absolute atomic E-state index is 13.5. The minimum atomic E-state index is -0.327. The molecule has 31 heavy (non-hydrogen) atoms. The van der Waals surface area contributed by atoms with Crippen LogP contribution in [0.1, 0.15) is 31.7 Å². The molecule has 0 bridgehead atoms. The van der Waals surface area contributed by atoms with Gasteiger partial charge in [0.1, 0.15) is 11.8 Å². The Balaban J connectivity index is 1.77. The van der Waals surface area contributed by atoms with Crippen LogP contribution in [-0.4, -0.2) is 42.0 Å². The third-order valence-electron chi connectivity index (χ3n) is 5.79. The molecular weight excluding hydrogens is 406 g/mol. The lowest BCUT2D eigenvalue weighted by Gasteiger charge is -2.33. The molecule has 0 aliphatic carbocycles. The molecule has 6 heteroatoms. The number of aryl methyl sites for hydroxylation is 1. The van der Waals surface area contributed by atoms with Crippen molar-refractivity contribution >= 4 is 28.1 Å². The lowest BCUT2D eigenvalue weighted by Crippen LogP contribution is -2.46. The number of amides is 1. The molecule has 162 valence electrons. The van der Waals surface area contributed by atoms with Crippen molar-refractivity contribution in [3.05, 3.63) is 59.5 Å². The number of aromatic nitrogens is 1. The van der Waals surface area contributed by atoms with Crippen molar-refractivity contribution in [1.29, 1.82) is 0 Å². The highest BCUT2D eigenvalue weighted by Crippen LogP contribution is 2.39. The van der Waals surface area contributed by atoms with Gasteiger partial charge in [0.2, 0.25) is 5.91 Å². The third kappa shape index (κ3) is 4.44. The summed E-state index contributed by atoms with van der Waals surface area (Å²) in [6.07, 6.45) is 2.84. The van der Waals surface area contributed by atoms with E-state index in [1.165, 1.54) is 5.56 Å². The van der Waals surface area contributed by atoms with E-state index in [0.717, 1.165) is 53.8 Å². The Kier molecular flexibility index (Phi) is 6.56.